The van der Waals surface area contributed by atoms with Crippen LogP contribution in [-0.2, 0) is 11.3 Å². The van der Waals surface area contributed by atoms with E-state index in [1.165, 1.54) is 0 Å². The number of methoxy groups -OCH3 is 1. The molecule has 0 bridgehead atoms. The van der Waals surface area contributed by atoms with Gasteiger partial charge in [-0.15, -0.1) is 0 Å². The van der Waals surface area contributed by atoms with Crippen molar-refractivity contribution in [3.8, 4) is 5.75 Å². The third-order valence-electron chi connectivity index (χ3n) is 4.22. The average Bonchev–Trinajstić information content (AvgIpc) is 2.90. The molecule has 0 aliphatic carbocycles. The zero-order chi connectivity index (χ0) is 18.0. The second-order valence-corrected chi connectivity index (χ2v) is 5.77. The summed E-state index contributed by atoms with van der Waals surface area (Å²) in [4.78, 5) is 38.2. The van der Waals surface area contributed by atoms with Crippen LogP contribution in [0.2, 0.25) is 0 Å². The summed E-state index contributed by atoms with van der Waals surface area (Å²) in [7, 11) is 1.58. The van der Waals surface area contributed by atoms with Gasteiger partial charge in [0.2, 0.25) is 5.91 Å². The van der Waals surface area contributed by atoms with Crippen molar-refractivity contribution in [1.29, 1.82) is 0 Å². The summed E-state index contributed by atoms with van der Waals surface area (Å²) in [6, 6.07) is 13.0. The van der Waals surface area contributed by atoms with E-state index in [4.69, 9.17) is 4.74 Å². The zero-order valence-corrected chi connectivity index (χ0v) is 14.0. The highest BCUT2D eigenvalue weighted by molar-refractivity contribution is 6.22. The molecule has 0 aromatic heterocycles. The van der Waals surface area contributed by atoms with Crippen LogP contribution in [0.1, 0.15) is 33.2 Å². The van der Waals surface area contributed by atoms with Crippen molar-refractivity contribution < 1.29 is 19.1 Å². The number of nitrogens with zero attached hydrogens (tertiary/aromatic N) is 1. The van der Waals surface area contributed by atoms with Crippen LogP contribution in [0.25, 0.3) is 0 Å². The lowest BCUT2D eigenvalue weighted by atomic mass is 10.1. The lowest BCUT2D eigenvalue weighted by Crippen LogP contribution is -2.47. The molecule has 0 spiro atoms. The van der Waals surface area contributed by atoms with Crippen molar-refractivity contribution in [1.82, 2.24) is 10.2 Å². The van der Waals surface area contributed by atoms with E-state index < -0.39 is 17.9 Å². The molecule has 0 radical (unpaired) electrons. The number of nitrogens with one attached hydrogen (secondary N) is 1. The molecule has 2 aromatic carbocycles. The molecule has 1 aliphatic heterocycles. The van der Waals surface area contributed by atoms with Gasteiger partial charge in [0.05, 0.1) is 18.2 Å². The molecule has 3 amide bonds. The van der Waals surface area contributed by atoms with E-state index >= 15 is 0 Å². The summed E-state index contributed by atoms with van der Waals surface area (Å²) in [5.41, 5.74) is 1.56. The Morgan fingerprint density at radius 1 is 1.04 bits per heavy atom. The largest absolute Gasteiger partial charge is 0.497 e. The number of imide groups is 1. The third kappa shape index (κ3) is 3.10. The van der Waals surface area contributed by atoms with Crippen molar-refractivity contribution in [2.45, 2.75) is 19.5 Å². The number of amides is 3. The highest BCUT2D eigenvalue weighted by Crippen LogP contribution is 2.24. The standard InChI is InChI=1S/C19H18N2O4/c1-12(17(22)20-11-13-7-9-14(25-2)10-8-13)21-18(23)15-5-3-4-6-16(15)19(21)24/h3-10,12H,11H2,1-2H3,(H,20,22)/t12-/m1/s1. The average molecular weight is 338 g/mol. The van der Waals surface area contributed by atoms with Gasteiger partial charge in [0.1, 0.15) is 11.8 Å². The highest BCUT2D eigenvalue weighted by Gasteiger charge is 2.40. The molecular formula is C19H18N2O4. The minimum atomic E-state index is -0.884. The maximum absolute atomic E-state index is 12.4. The molecule has 128 valence electrons. The molecule has 1 heterocycles. The first kappa shape index (κ1) is 16.7. The molecule has 1 N–H and O–H groups in total. The van der Waals surface area contributed by atoms with Gasteiger partial charge >= 0.3 is 0 Å². The first-order chi connectivity index (χ1) is 12.0. The Hall–Kier alpha value is -3.15. The van der Waals surface area contributed by atoms with Gasteiger partial charge < -0.3 is 10.1 Å². The summed E-state index contributed by atoms with van der Waals surface area (Å²) in [5.74, 6) is -0.528. The van der Waals surface area contributed by atoms with E-state index in [-0.39, 0.29) is 5.91 Å². The monoisotopic (exact) mass is 338 g/mol. The predicted octanol–water partition coefficient (Wildman–Crippen LogP) is 2.00. The Morgan fingerprint density at radius 3 is 2.12 bits per heavy atom. The summed E-state index contributed by atoms with van der Waals surface area (Å²) in [6.45, 7) is 1.85. The van der Waals surface area contributed by atoms with E-state index in [2.05, 4.69) is 5.32 Å². The minimum Gasteiger partial charge on any atom is -0.497 e. The fraction of sp³-hybridized carbons (Fsp3) is 0.211. The van der Waals surface area contributed by atoms with Crippen LogP contribution in [0, 0.1) is 0 Å². The van der Waals surface area contributed by atoms with Gasteiger partial charge in [-0.3, -0.25) is 19.3 Å². The number of hydrogen-bond acceptors (Lipinski definition) is 4. The molecule has 0 saturated carbocycles. The topological polar surface area (TPSA) is 75.7 Å². The van der Waals surface area contributed by atoms with Gasteiger partial charge in [-0.2, -0.15) is 0 Å². The van der Waals surface area contributed by atoms with Crippen LogP contribution in [0.5, 0.6) is 5.75 Å². The van der Waals surface area contributed by atoms with E-state index in [0.717, 1.165) is 16.2 Å². The molecular weight excluding hydrogens is 320 g/mol. The highest BCUT2D eigenvalue weighted by atomic mass is 16.5. The first-order valence-corrected chi connectivity index (χ1v) is 7.90. The SMILES string of the molecule is COc1ccc(CNC(=O)[C@@H](C)N2C(=O)c3ccccc3C2=O)cc1. The lowest BCUT2D eigenvalue weighted by Gasteiger charge is -2.21. The van der Waals surface area contributed by atoms with Crippen molar-refractivity contribution in [3.63, 3.8) is 0 Å². The number of benzene rings is 2. The summed E-state index contributed by atoms with van der Waals surface area (Å²) in [6.07, 6.45) is 0. The molecule has 3 rings (SSSR count). The Labute approximate surface area is 145 Å². The Bertz CT molecular complexity index is 795. The molecule has 0 unspecified atom stereocenters. The van der Waals surface area contributed by atoms with Gasteiger partial charge in [-0.1, -0.05) is 24.3 Å². The third-order valence-corrected chi connectivity index (χ3v) is 4.22. The zero-order valence-electron chi connectivity index (χ0n) is 14.0. The van der Waals surface area contributed by atoms with E-state index in [9.17, 15) is 14.4 Å². The Kier molecular flexibility index (Phi) is 4.52. The van der Waals surface area contributed by atoms with E-state index in [1.54, 1.807) is 50.4 Å². The Morgan fingerprint density at radius 2 is 1.60 bits per heavy atom. The van der Waals surface area contributed by atoms with Gasteiger partial charge in [0.15, 0.2) is 0 Å². The molecule has 1 aliphatic rings. The number of fused-ring (bicyclic) bond motifs is 1. The number of hydrogen-bond donors (Lipinski definition) is 1. The molecule has 6 heteroatoms. The first-order valence-electron chi connectivity index (χ1n) is 7.90. The number of ether oxygens (including phenoxy) is 1. The van der Waals surface area contributed by atoms with Crippen LogP contribution in [0.4, 0.5) is 0 Å². The molecule has 2 aromatic rings. The number of rotatable bonds is 5. The van der Waals surface area contributed by atoms with E-state index in [0.29, 0.717) is 17.7 Å². The minimum absolute atomic E-state index is 0.302. The van der Waals surface area contributed by atoms with Gasteiger partial charge in [0.25, 0.3) is 11.8 Å². The van der Waals surface area contributed by atoms with Crippen LogP contribution < -0.4 is 10.1 Å². The van der Waals surface area contributed by atoms with E-state index in [1.807, 2.05) is 12.1 Å². The molecule has 25 heavy (non-hydrogen) atoms. The van der Waals surface area contributed by atoms with Crippen LogP contribution in [0.15, 0.2) is 48.5 Å². The number of carbonyl (C=O) groups is 3. The van der Waals surface area contributed by atoms with Crippen molar-refractivity contribution >= 4 is 17.7 Å². The quantitative estimate of drug-likeness (QED) is 0.846. The van der Waals surface area contributed by atoms with Crippen molar-refractivity contribution in [3.05, 3.63) is 65.2 Å². The van der Waals surface area contributed by atoms with Gasteiger partial charge in [-0.05, 0) is 36.8 Å². The summed E-state index contributed by atoms with van der Waals surface area (Å²) in [5, 5.41) is 2.76. The maximum atomic E-state index is 12.4. The summed E-state index contributed by atoms with van der Waals surface area (Å²) < 4.78 is 5.09. The van der Waals surface area contributed by atoms with Crippen LogP contribution >= 0.6 is 0 Å². The smallest absolute Gasteiger partial charge is 0.262 e. The summed E-state index contributed by atoms with van der Waals surface area (Å²) >= 11 is 0. The second kappa shape index (κ2) is 6.76. The molecule has 0 saturated heterocycles. The fourth-order valence-corrected chi connectivity index (χ4v) is 2.76. The fourth-order valence-electron chi connectivity index (χ4n) is 2.76. The normalized spacial score (nSPS) is 14.2. The van der Waals surface area contributed by atoms with Crippen LogP contribution in [0.3, 0.4) is 0 Å². The maximum Gasteiger partial charge on any atom is 0.262 e. The molecule has 0 fully saturated rings. The van der Waals surface area contributed by atoms with Crippen molar-refractivity contribution in [2.75, 3.05) is 7.11 Å². The number of carbonyl (C=O) groups excluding carboxylic acids is 3. The molecule has 1 atom stereocenters. The lowest BCUT2D eigenvalue weighted by molar-refractivity contribution is -0.124. The second-order valence-electron chi connectivity index (χ2n) is 5.77. The van der Waals surface area contributed by atoms with Crippen molar-refractivity contribution in [2.24, 2.45) is 0 Å². The Balaban J connectivity index is 1.66. The molecule has 6 nitrogen and oxygen atoms in total. The van der Waals surface area contributed by atoms with Gasteiger partial charge in [-0.25, -0.2) is 0 Å². The van der Waals surface area contributed by atoms with Crippen LogP contribution in [-0.4, -0.2) is 35.8 Å². The predicted molar refractivity (Wildman–Crippen MR) is 91.2 cm³/mol. The van der Waals surface area contributed by atoms with Gasteiger partial charge in [0, 0.05) is 6.54 Å².